The maximum atomic E-state index is 6.64. The highest BCUT2D eigenvalue weighted by Crippen LogP contribution is 2.37. The summed E-state index contributed by atoms with van der Waals surface area (Å²) in [4.78, 5) is 2.37. The molecular formula is C17H34BNO. The Morgan fingerprint density at radius 3 is 2.30 bits per heavy atom. The second-order valence-electron chi connectivity index (χ2n) is 7.98. The van der Waals surface area contributed by atoms with E-state index in [0.717, 1.165) is 25.9 Å². The predicted octanol–water partition coefficient (Wildman–Crippen LogP) is 4.42. The lowest BCUT2D eigenvalue weighted by molar-refractivity contribution is -0.00323. The molecule has 0 aromatic heterocycles. The molecule has 0 N–H and O–H groups in total. The maximum Gasteiger partial charge on any atom is 0.325 e. The van der Waals surface area contributed by atoms with Gasteiger partial charge in [-0.15, -0.1) is 0 Å². The van der Waals surface area contributed by atoms with Crippen LogP contribution in [-0.4, -0.2) is 37.6 Å². The molecule has 20 heavy (non-hydrogen) atoms. The van der Waals surface area contributed by atoms with Gasteiger partial charge in [0.1, 0.15) is 0 Å². The second-order valence-corrected chi connectivity index (χ2v) is 7.98. The van der Waals surface area contributed by atoms with Crippen LogP contribution in [0.1, 0.15) is 61.3 Å². The van der Waals surface area contributed by atoms with Crippen LogP contribution in [0.2, 0.25) is 5.82 Å². The first-order valence-electron chi connectivity index (χ1n) is 8.13. The van der Waals surface area contributed by atoms with E-state index in [0.29, 0.717) is 5.82 Å². The minimum atomic E-state index is -0.120. The molecule has 0 radical (unpaired) electrons. The average Bonchev–Trinajstić information content (AvgIpc) is 2.35. The van der Waals surface area contributed by atoms with Crippen LogP contribution in [0.3, 0.4) is 0 Å². The minimum Gasteiger partial charge on any atom is -0.426 e. The average molecular weight is 279 g/mol. The van der Waals surface area contributed by atoms with Crippen LogP contribution < -0.4 is 0 Å². The third kappa shape index (κ3) is 4.36. The molecule has 2 nitrogen and oxygen atoms in total. The van der Waals surface area contributed by atoms with E-state index in [1.165, 1.54) is 5.47 Å². The topological polar surface area (TPSA) is 12.5 Å². The fourth-order valence-electron chi connectivity index (χ4n) is 2.31. The van der Waals surface area contributed by atoms with E-state index in [2.05, 4.69) is 66.5 Å². The van der Waals surface area contributed by atoms with Crippen molar-refractivity contribution in [1.82, 2.24) is 4.90 Å². The molecule has 1 aliphatic heterocycles. The molecule has 1 atom stereocenters. The summed E-state index contributed by atoms with van der Waals surface area (Å²) in [5.74, 6) is 0.575. The maximum absolute atomic E-state index is 6.64. The van der Waals surface area contributed by atoms with Gasteiger partial charge in [0.05, 0.1) is 5.60 Å². The molecule has 0 amide bonds. The molecule has 1 unspecified atom stereocenters. The van der Waals surface area contributed by atoms with Crippen LogP contribution in [0.5, 0.6) is 0 Å². The summed E-state index contributed by atoms with van der Waals surface area (Å²) in [5, 5.41) is 0. The van der Waals surface area contributed by atoms with Gasteiger partial charge in [0.2, 0.25) is 0 Å². The highest BCUT2D eigenvalue weighted by molar-refractivity contribution is 6.62. The summed E-state index contributed by atoms with van der Waals surface area (Å²) in [6.07, 6.45) is 4.70. The van der Waals surface area contributed by atoms with Gasteiger partial charge in [-0.05, 0) is 38.5 Å². The van der Waals surface area contributed by atoms with Gasteiger partial charge in [-0.1, -0.05) is 52.6 Å². The van der Waals surface area contributed by atoms with E-state index in [-0.39, 0.29) is 17.9 Å². The fraction of sp³-hybridized carbons (Fsp3) is 0.882. The Morgan fingerprint density at radius 1 is 1.30 bits per heavy atom. The lowest BCUT2D eigenvalue weighted by Gasteiger charge is -2.43. The van der Waals surface area contributed by atoms with Gasteiger partial charge >= 0.3 is 6.92 Å². The molecule has 0 aromatic carbocycles. The lowest BCUT2D eigenvalue weighted by atomic mass is 9.48. The monoisotopic (exact) mass is 279 g/mol. The quantitative estimate of drug-likeness (QED) is 0.691. The first-order valence-corrected chi connectivity index (χ1v) is 8.13. The third-order valence-corrected chi connectivity index (χ3v) is 5.20. The number of rotatable bonds is 5. The molecule has 0 bridgehead atoms. The van der Waals surface area contributed by atoms with E-state index < -0.39 is 0 Å². The Kier molecular flexibility index (Phi) is 5.92. The van der Waals surface area contributed by atoms with Crippen LogP contribution >= 0.6 is 0 Å². The Balaban J connectivity index is 2.91. The largest absolute Gasteiger partial charge is 0.426 e. The third-order valence-electron chi connectivity index (χ3n) is 5.20. The lowest BCUT2D eigenvalue weighted by Crippen LogP contribution is -2.46. The molecule has 1 rings (SSSR count). The fourth-order valence-corrected chi connectivity index (χ4v) is 2.31. The van der Waals surface area contributed by atoms with Crippen molar-refractivity contribution in [3.8, 4) is 0 Å². The summed E-state index contributed by atoms with van der Waals surface area (Å²) < 4.78 is 6.64. The molecule has 3 heteroatoms. The number of hydrogen-bond acceptors (Lipinski definition) is 2. The standard InChI is InChI=1S/C17H34BNO/c1-9-14(2)18(15-10-12-19(8)13-11-15)20-17(6,7)16(3,4)5/h10,14H,9,11-13H2,1-8H3. The Hall–Kier alpha value is -0.275. The summed E-state index contributed by atoms with van der Waals surface area (Å²) >= 11 is 0. The molecule has 1 aliphatic rings. The molecule has 116 valence electrons. The van der Waals surface area contributed by atoms with Crippen molar-refractivity contribution in [2.24, 2.45) is 5.41 Å². The van der Waals surface area contributed by atoms with Crippen LogP contribution in [0, 0.1) is 5.41 Å². The van der Waals surface area contributed by atoms with E-state index in [9.17, 15) is 0 Å². The zero-order valence-electron chi connectivity index (χ0n) is 14.9. The molecule has 0 spiro atoms. The van der Waals surface area contributed by atoms with Crippen molar-refractivity contribution in [1.29, 1.82) is 0 Å². The van der Waals surface area contributed by atoms with E-state index in [1.807, 2.05) is 0 Å². The molecule has 0 aromatic rings. The smallest absolute Gasteiger partial charge is 0.325 e. The van der Waals surface area contributed by atoms with Gasteiger partial charge in [0, 0.05) is 13.1 Å². The summed E-state index contributed by atoms with van der Waals surface area (Å²) in [6.45, 7) is 18.3. The minimum absolute atomic E-state index is 0.120. The van der Waals surface area contributed by atoms with Crippen molar-refractivity contribution in [3.63, 3.8) is 0 Å². The Bertz CT molecular complexity index is 343. The number of likely N-dealkylation sites (N-methyl/N-ethyl adjacent to an activating group) is 1. The van der Waals surface area contributed by atoms with Crippen molar-refractivity contribution in [2.75, 3.05) is 20.1 Å². The van der Waals surface area contributed by atoms with Gasteiger partial charge < -0.3 is 9.55 Å². The SMILES string of the molecule is CCC(C)B(OC(C)(C)C(C)(C)C)C1=CCN(C)CC1. The van der Waals surface area contributed by atoms with Crippen LogP contribution in [0.15, 0.2) is 11.5 Å². The Labute approximate surface area is 127 Å². The molecular weight excluding hydrogens is 245 g/mol. The first-order chi connectivity index (χ1) is 9.08. The van der Waals surface area contributed by atoms with E-state index in [4.69, 9.17) is 4.65 Å². The van der Waals surface area contributed by atoms with Crippen molar-refractivity contribution in [2.45, 2.75) is 72.7 Å². The van der Waals surface area contributed by atoms with Crippen molar-refractivity contribution < 1.29 is 4.65 Å². The zero-order valence-corrected chi connectivity index (χ0v) is 14.9. The number of hydrogen-bond donors (Lipinski definition) is 0. The second kappa shape index (κ2) is 6.66. The summed E-state index contributed by atoms with van der Waals surface area (Å²) in [5.41, 5.74) is 1.53. The van der Waals surface area contributed by atoms with Crippen molar-refractivity contribution in [3.05, 3.63) is 11.5 Å². The normalized spacial score (nSPS) is 19.7. The predicted molar refractivity (Wildman–Crippen MR) is 90.3 cm³/mol. The van der Waals surface area contributed by atoms with Gasteiger partial charge in [-0.25, -0.2) is 0 Å². The van der Waals surface area contributed by atoms with Gasteiger partial charge in [-0.2, -0.15) is 0 Å². The molecule has 1 heterocycles. The Morgan fingerprint density at radius 2 is 1.90 bits per heavy atom. The molecule has 0 aliphatic carbocycles. The molecule has 0 fully saturated rings. The summed E-state index contributed by atoms with van der Waals surface area (Å²) in [7, 11) is 2.19. The van der Waals surface area contributed by atoms with Gasteiger partial charge in [0.25, 0.3) is 0 Å². The number of nitrogens with zero attached hydrogens (tertiary/aromatic N) is 1. The zero-order chi connectivity index (χ0) is 15.6. The van der Waals surface area contributed by atoms with Crippen LogP contribution in [0.4, 0.5) is 0 Å². The van der Waals surface area contributed by atoms with Crippen molar-refractivity contribution >= 4 is 6.92 Å². The summed E-state index contributed by atoms with van der Waals surface area (Å²) in [6, 6.07) is 0. The van der Waals surface area contributed by atoms with Gasteiger partial charge in [0.15, 0.2) is 0 Å². The molecule has 0 saturated carbocycles. The van der Waals surface area contributed by atoms with E-state index in [1.54, 1.807) is 0 Å². The van der Waals surface area contributed by atoms with Crippen LogP contribution in [-0.2, 0) is 4.65 Å². The first kappa shape index (κ1) is 17.8. The molecule has 0 saturated heterocycles. The highest BCUT2D eigenvalue weighted by Gasteiger charge is 2.40. The van der Waals surface area contributed by atoms with Gasteiger partial charge in [-0.3, -0.25) is 0 Å². The highest BCUT2D eigenvalue weighted by atomic mass is 16.5. The van der Waals surface area contributed by atoms with Crippen LogP contribution in [0.25, 0.3) is 0 Å². The van der Waals surface area contributed by atoms with E-state index >= 15 is 0 Å².